The predicted molar refractivity (Wildman–Crippen MR) is 127 cm³/mol. The third kappa shape index (κ3) is 4.16. The Morgan fingerprint density at radius 1 is 0.677 bits per heavy atom. The van der Waals surface area contributed by atoms with E-state index in [1.165, 1.54) is 0 Å². The predicted octanol–water partition coefficient (Wildman–Crippen LogP) is 6.37. The van der Waals surface area contributed by atoms with E-state index >= 15 is 0 Å². The molecule has 0 heterocycles. The molecule has 0 fully saturated rings. The summed E-state index contributed by atoms with van der Waals surface area (Å²) in [4.78, 5) is 26.9. The first-order valence-corrected chi connectivity index (χ1v) is 11.6. The molecular weight excluding hydrogens is 403 g/mol. The average Bonchev–Trinajstić information content (AvgIpc) is 2.71. The maximum absolute atomic E-state index is 13.6. The highest BCUT2D eigenvalue weighted by atomic mass is 31.1. The van der Waals surface area contributed by atoms with Crippen molar-refractivity contribution in [2.75, 3.05) is 0 Å². The van der Waals surface area contributed by atoms with Crippen LogP contribution in [0.25, 0.3) is 0 Å². The van der Waals surface area contributed by atoms with Gasteiger partial charge in [0.2, 0.25) is 5.30 Å². The fourth-order valence-electron chi connectivity index (χ4n) is 4.26. The summed E-state index contributed by atoms with van der Waals surface area (Å²) in [5.41, 5.74) is 7.56. The number of hydrogen-bond acceptors (Lipinski definition) is 3. The third-order valence-corrected chi connectivity index (χ3v) is 7.46. The molecule has 1 atom stereocenters. The number of aryl methyl sites for hydroxylation is 5. The second-order valence-electron chi connectivity index (χ2n) is 8.35. The minimum atomic E-state index is -2.44. The summed E-state index contributed by atoms with van der Waals surface area (Å²) in [5, 5.41) is 0.296. The van der Waals surface area contributed by atoms with E-state index in [1.54, 1.807) is 24.3 Å². The molecule has 0 bridgehead atoms. The summed E-state index contributed by atoms with van der Waals surface area (Å²) in [7, 11) is -2.44. The Balaban J connectivity index is 2.13. The lowest BCUT2D eigenvalue weighted by molar-refractivity contribution is 0.103. The van der Waals surface area contributed by atoms with Gasteiger partial charge in [0.15, 0.2) is 5.78 Å². The normalized spacial score (nSPS) is 11.4. The molecule has 1 unspecified atom stereocenters. The zero-order valence-corrected chi connectivity index (χ0v) is 20.1. The number of ketones is 1. The Morgan fingerprint density at radius 2 is 1.19 bits per heavy atom. The van der Waals surface area contributed by atoms with E-state index in [4.69, 9.17) is 0 Å². The monoisotopic (exact) mass is 431 g/mol. The van der Waals surface area contributed by atoms with Crippen LogP contribution in [0.5, 0.6) is 0 Å². The molecule has 0 aromatic heterocycles. The molecule has 0 N–H and O–H groups in total. The van der Waals surface area contributed by atoms with Gasteiger partial charge in [-0.15, -0.1) is 0 Å². The molecule has 3 nitrogen and oxygen atoms in total. The van der Waals surface area contributed by atoms with E-state index in [-0.39, 0.29) is 5.78 Å². The maximum atomic E-state index is 13.6. The van der Waals surface area contributed by atoms with Gasteiger partial charge in [0.25, 0.3) is 0 Å². The van der Waals surface area contributed by atoms with Gasteiger partial charge in [-0.2, -0.15) is 0 Å². The SMILES string of the molecule is Cc1cc(C)c(C(=O)[P+](=O)c2ccccc2C(=O)c2c(C)c(C)cc(C)c2C)c(C)c1. The lowest BCUT2D eigenvalue weighted by Gasteiger charge is -2.14. The van der Waals surface area contributed by atoms with Gasteiger partial charge < -0.3 is 0 Å². The summed E-state index contributed by atoms with van der Waals surface area (Å²) >= 11 is 0. The van der Waals surface area contributed by atoms with Gasteiger partial charge >= 0.3 is 13.3 Å². The molecular formula is C27H28O3P+. The second kappa shape index (κ2) is 8.69. The molecule has 0 aliphatic carbocycles. The number of benzene rings is 3. The van der Waals surface area contributed by atoms with E-state index in [1.807, 2.05) is 60.6 Å². The lowest BCUT2D eigenvalue weighted by atomic mass is 9.89. The minimum absolute atomic E-state index is 0.189. The Kier molecular flexibility index (Phi) is 6.38. The van der Waals surface area contributed by atoms with Crippen molar-refractivity contribution in [1.82, 2.24) is 0 Å². The van der Waals surface area contributed by atoms with Crippen LogP contribution >= 0.6 is 7.80 Å². The third-order valence-electron chi connectivity index (χ3n) is 6.04. The van der Waals surface area contributed by atoms with Crippen molar-refractivity contribution >= 4 is 24.4 Å². The minimum Gasteiger partial charge on any atom is -0.288 e. The van der Waals surface area contributed by atoms with Crippen LogP contribution in [0.3, 0.4) is 0 Å². The number of rotatable bonds is 5. The summed E-state index contributed by atoms with van der Waals surface area (Å²) in [6.07, 6.45) is 0. The lowest BCUT2D eigenvalue weighted by Crippen LogP contribution is -2.18. The van der Waals surface area contributed by atoms with Crippen LogP contribution in [0.4, 0.5) is 0 Å². The van der Waals surface area contributed by atoms with E-state index in [0.29, 0.717) is 22.0 Å². The average molecular weight is 431 g/mol. The quantitative estimate of drug-likeness (QED) is 0.348. The van der Waals surface area contributed by atoms with Crippen LogP contribution in [0, 0.1) is 48.5 Å². The fraction of sp³-hybridized carbons (Fsp3) is 0.259. The molecule has 0 radical (unpaired) electrons. The summed E-state index contributed by atoms with van der Waals surface area (Å²) < 4.78 is 13.4. The Labute approximate surface area is 185 Å². The molecule has 0 saturated heterocycles. The maximum Gasteiger partial charge on any atom is 0.459 e. The van der Waals surface area contributed by atoms with Crippen molar-refractivity contribution in [3.63, 3.8) is 0 Å². The van der Waals surface area contributed by atoms with Crippen molar-refractivity contribution in [3.05, 3.63) is 98.1 Å². The van der Waals surface area contributed by atoms with E-state index in [9.17, 15) is 14.2 Å². The molecule has 0 saturated carbocycles. The van der Waals surface area contributed by atoms with Gasteiger partial charge in [0.05, 0.1) is 11.1 Å². The second-order valence-corrected chi connectivity index (χ2v) is 9.83. The van der Waals surface area contributed by atoms with Crippen LogP contribution in [0.2, 0.25) is 0 Å². The van der Waals surface area contributed by atoms with Crippen molar-refractivity contribution in [2.45, 2.75) is 48.5 Å². The summed E-state index contributed by atoms with van der Waals surface area (Å²) in [6, 6.07) is 12.7. The van der Waals surface area contributed by atoms with Gasteiger partial charge in [0.1, 0.15) is 0 Å². The van der Waals surface area contributed by atoms with Crippen LogP contribution in [0.1, 0.15) is 65.2 Å². The number of carbonyl (C=O) groups is 2. The van der Waals surface area contributed by atoms with E-state index < -0.39 is 13.3 Å². The molecule has 0 aliphatic rings. The Morgan fingerprint density at radius 3 is 1.74 bits per heavy atom. The topological polar surface area (TPSA) is 51.2 Å². The Bertz CT molecular complexity index is 1200. The number of carbonyl (C=O) groups excluding carboxylic acids is 2. The van der Waals surface area contributed by atoms with Gasteiger partial charge in [-0.25, -0.2) is 4.79 Å². The van der Waals surface area contributed by atoms with Crippen LogP contribution in [0.15, 0.2) is 42.5 Å². The van der Waals surface area contributed by atoms with E-state index in [0.717, 1.165) is 38.9 Å². The van der Waals surface area contributed by atoms with Crippen molar-refractivity contribution in [3.8, 4) is 0 Å². The highest BCUT2D eigenvalue weighted by Gasteiger charge is 2.38. The smallest absolute Gasteiger partial charge is 0.288 e. The zero-order valence-electron chi connectivity index (χ0n) is 19.2. The van der Waals surface area contributed by atoms with Gasteiger partial charge in [-0.05, 0) is 94.0 Å². The fourth-order valence-corrected chi connectivity index (χ4v) is 5.65. The molecule has 3 rings (SSSR count). The van der Waals surface area contributed by atoms with Crippen molar-refractivity contribution in [2.24, 2.45) is 0 Å². The molecule has 158 valence electrons. The largest absolute Gasteiger partial charge is 0.459 e. The van der Waals surface area contributed by atoms with Crippen LogP contribution < -0.4 is 5.30 Å². The van der Waals surface area contributed by atoms with Gasteiger partial charge in [0, 0.05) is 5.56 Å². The number of hydrogen-bond donors (Lipinski definition) is 0. The molecule has 0 amide bonds. The van der Waals surface area contributed by atoms with Gasteiger partial charge in [-0.1, -0.05) is 40.5 Å². The first kappa shape index (κ1) is 22.8. The summed E-state index contributed by atoms with van der Waals surface area (Å²) in [6.45, 7) is 13.5. The molecule has 0 spiro atoms. The highest BCUT2D eigenvalue weighted by Crippen LogP contribution is 2.33. The first-order chi connectivity index (χ1) is 14.5. The molecule has 4 heteroatoms. The first-order valence-electron chi connectivity index (χ1n) is 10.3. The molecule has 3 aromatic rings. The van der Waals surface area contributed by atoms with Crippen LogP contribution in [-0.2, 0) is 4.57 Å². The Hall–Kier alpha value is -2.90. The molecule has 3 aromatic carbocycles. The highest BCUT2D eigenvalue weighted by molar-refractivity contribution is 7.71. The zero-order chi connectivity index (χ0) is 23.0. The van der Waals surface area contributed by atoms with Gasteiger partial charge in [-0.3, -0.25) is 4.79 Å². The molecule has 0 aliphatic heterocycles. The van der Waals surface area contributed by atoms with Crippen LogP contribution in [-0.4, -0.2) is 11.3 Å². The van der Waals surface area contributed by atoms with Crippen molar-refractivity contribution in [1.29, 1.82) is 0 Å². The van der Waals surface area contributed by atoms with Crippen molar-refractivity contribution < 1.29 is 14.2 Å². The van der Waals surface area contributed by atoms with E-state index in [2.05, 4.69) is 6.07 Å². The standard InChI is InChI=1S/C27H28O3P/c1-15-12-18(4)24(19(5)13-15)27(29)31(30)23-11-9-8-10-22(23)26(28)25-20(6)16(2)14-17(3)21(25)7/h8-14H,1-7H3/q+1. The molecule has 31 heavy (non-hydrogen) atoms. The summed E-state index contributed by atoms with van der Waals surface area (Å²) in [5.74, 6) is -0.189.